The SMILES string of the molecule is CC(Cc1ccccc1F)NC(=O)C1CN2CCCN1CC2. The summed E-state index contributed by atoms with van der Waals surface area (Å²) in [6.45, 7) is 6.88. The predicted molar refractivity (Wildman–Crippen MR) is 84.1 cm³/mol. The predicted octanol–water partition coefficient (Wildman–Crippen LogP) is 1.26. The highest BCUT2D eigenvalue weighted by atomic mass is 19.1. The van der Waals surface area contributed by atoms with Crippen LogP contribution in [0.15, 0.2) is 24.3 Å². The van der Waals surface area contributed by atoms with Crippen molar-refractivity contribution >= 4 is 5.91 Å². The summed E-state index contributed by atoms with van der Waals surface area (Å²) in [5.41, 5.74) is 0.654. The fraction of sp³-hybridized carbons (Fsp3) is 0.588. The number of carbonyl (C=O) groups is 1. The summed E-state index contributed by atoms with van der Waals surface area (Å²) in [5, 5.41) is 3.06. The fourth-order valence-electron chi connectivity index (χ4n) is 3.48. The monoisotopic (exact) mass is 305 g/mol. The Kier molecular flexibility index (Phi) is 4.74. The van der Waals surface area contributed by atoms with Gasteiger partial charge in [0, 0.05) is 32.2 Å². The van der Waals surface area contributed by atoms with E-state index in [4.69, 9.17) is 0 Å². The van der Waals surface area contributed by atoms with Crippen molar-refractivity contribution in [3.05, 3.63) is 35.6 Å². The van der Waals surface area contributed by atoms with Gasteiger partial charge in [-0.15, -0.1) is 0 Å². The number of nitrogens with one attached hydrogen (secondary N) is 1. The van der Waals surface area contributed by atoms with Crippen molar-refractivity contribution in [3.8, 4) is 0 Å². The van der Waals surface area contributed by atoms with Gasteiger partial charge < -0.3 is 5.32 Å². The van der Waals surface area contributed by atoms with E-state index in [1.54, 1.807) is 12.1 Å². The van der Waals surface area contributed by atoms with Crippen LogP contribution in [0.1, 0.15) is 18.9 Å². The van der Waals surface area contributed by atoms with Gasteiger partial charge in [0.15, 0.2) is 0 Å². The minimum Gasteiger partial charge on any atom is -0.352 e. The quantitative estimate of drug-likeness (QED) is 0.910. The van der Waals surface area contributed by atoms with Crippen LogP contribution in [0, 0.1) is 5.82 Å². The molecule has 1 amide bonds. The highest BCUT2D eigenvalue weighted by Gasteiger charge is 2.34. The van der Waals surface area contributed by atoms with E-state index in [1.807, 2.05) is 13.0 Å². The van der Waals surface area contributed by atoms with Crippen LogP contribution < -0.4 is 5.32 Å². The molecule has 0 radical (unpaired) electrons. The number of rotatable bonds is 4. The fourth-order valence-corrected chi connectivity index (χ4v) is 3.48. The van der Waals surface area contributed by atoms with Gasteiger partial charge in [-0.2, -0.15) is 0 Å². The van der Waals surface area contributed by atoms with Gasteiger partial charge in [-0.05, 0) is 37.9 Å². The molecule has 4 atom stereocenters. The van der Waals surface area contributed by atoms with Gasteiger partial charge in [0.2, 0.25) is 5.91 Å². The van der Waals surface area contributed by atoms with Crippen LogP contribution >= 0.6 is 0 Å². The van der Waals surface area contributed by atoms with Crippen molar-refractivity contribution < 1.29 is 9.18 Å². The maximum Gasteiger partial charge on any atom is 0.238 e. The van der Waals surface area contributed by atoms with Crippen LogP contribution in [0.2, 0.25) is 0 Å². The van der Waals surface area contributed by atoms with E-state index in [-0.39, 0.29) is 23.8 Å². The molecule has 3 saturated heterocycles. The van der Waals surface area contributed by atoms with Crippen LogP contribution in [0.3, 0.4) is 0 Å². The van der Waals surface area contributed by atoms with Crippen LogP contribution in [0.25, 0.3) is 0 Å². The van der Waals surface area contributed by atoms with Crippen molar-refractivity contribution in [2.24, 2.45) is 0 Å². The summed E-state index contributed by atoms with van der Waals surface area (Å²) < 4.78 is 13.7. The van der Waals surface area contributed by atoms with Gasteiger partial charge in [-0.1, -0.05) is 18.2 Å². The number of piperazine rings is 1. The second-order valence-corrected chi connectivity index (χ2v) is 6.41. The first-order valence-electron chi connectivity index (χ1n) is 8.13. The Morgan fingerprint density at radius 1 is 1.32 bits per heavy atom. The standard InChI is InChI=1S/C17H24FN3O/c1-13(11-14-5-2-3-6-15(14)18)19-17(22)16-12-20-7-4-8-21(16)10-9-20/h2-3,5-6,13,16H,4,7-12H2,1H3,(H,19,22). The van der Waals surface area contributed by atoms with E-state index in [0.717, 1.165) is 39.1 Å². The molecule has 1 aromatic carbocycles. The molecule has 120 valence electrons. The summed E-state index contributed by atoms with van der Waals surface area (Å²) in [6, 6.07) is 6.64. The van der Waals surface area contributed by atoms with Crippen LogP contribution in [-0.2, 0) is 11.2 Å². The molecule has 3 fully saturated rings. The molecule has 0 aliphatic carbocycles. The first-order chi connectivity index (χ1) is 10.6. The lowest BCUT2D eigenvalue weighted by Crippen LogP contribution is -2.57. The highest BCUT2D eigenvalue weighted by molar-refractivity contribution is 5.82. The molecule has 4 nitrogen and oxygen atoms in total. The third kappa shape index (κ3) is 3.47. The summed E-state index contributed by atoms with van der Waals surface area (Å²) in [5.74, 6) is -0.123. The lowest BCUT2D eigenvalue weighted by atomic mass is 10.1. The normalized spacial score (nSPS) is 28.9. The zero-order chi connectivity index (χ0) is 15.5. The number of fused-ring (bicyclic) bond motifs is 4. The third-order valence-electron chi connectivity index (χ3n) is 4.67. The minimum absolute atomic E-state index is 0.0562. The second-order valence-electron chi connectivity index (χ2n) is 6.41. The van der Waals surface area contributed by atoms with Gasteiger partial charge in [0.25, 0.3) is 0 Å². The number of halogens is 1. The molecule has 0 spiro atoms. The Morgan fingerprint density at radius 2 is 2.14 bits per heavy atom. The third-order valence-corrected chi connectivity index (χ3v) is 4.67. The minimum atomic E-state index is -0.202. The van der Waals surface area contributed by atoms with Crippen molar-refractivity contribution in [1.29, 1.82) is 0 Å². The zero-order valence-corrected chi connectivity index (χ0v) is 13.1. The molecule has 1 N–H and O–H groups in total. The lowest BCUT2D eigenvalue weighted by molar-refractivity contribution is -0.128. The van der Waals surface area contributed by atoms with Crippen molar-refractivity contribution in [1.82, 2.24) is 15.1 Å². The van der Waals surface area contributed by atoms with Gasteiger partial charge in [-0.25, -0.2) is 4.39 Å². The van der Waals surface area contributed by atoms with Crippen LogP contribution in [0.4, 0.5) is 4.39 Å². The topological polar surface area (TPSA) is 35.6 Å². The molecule has 4 rings (SSSR count). The summed E-state index contributed by atoms with van der Waals surface area (Å²) in [4.78, 5) is 17.2. The Labute approximate surface area is 131 Å². The van der Waals surface area contributed by atoms with Gasteiger partial charge in [-0.3, -0.25) is 14.6 Å². The lowest BCUT2D eigenvalue weighted by Gasteiger charge is -2.37. The maximum atomic E-state index is 13.7. The summed E-state index contributed by atoms with van der Waals surface area (Å²) >= 11 is 0. The van der Waals surface area contributed by atoms with E-state index in [1.165, 1.54) is 6.07 Å². The highest BCUT2D eigenvalue weighted by Crippen LogP contribution is 2.16. The van der Waals surface area contributed by atoms with E-state index in [9.17, 15) is 9.18 Å². The Balaban J connectivity index is 1.58. The van der Waals surface area contributed by atoms with E-state index >= 15 is 0 Å². The average molecular weight is 305 g/mol. The number of benzene rings is 1. The molecule has 22 heavy (non-hydrogen) atoms. The molecule has 3 aliphatic rings. The Morgan fingerprint density at radius 3 is 2.95 bits per heavy atom. The molecule has 0 saturated carbocycles. The number of nitrogens with zero attached hydrogens (tertiary/aromatic N) is 2. The van der Waals surface area contributed by atoms with E-state index in [2.05, 4.69) is 15.1 Å². The van der Waals surface area contributed by atoms with Crippen molar-refractivity contribution in [2.45, 2.75) is 31.8 Å². The zero-order valence-electron chi connectivity index (χ0n) is 13.1. The molecule has 3 heterocycles. The van der Waals surface area contributed by atoms with Gasteiger partial charge in [0.1, 0.15) is 11.9 Å². The Hall–Kier alpha value is -1.46. The van der Waals surface area contributed by atoms with Crippen LogP contribution in [-0.4, -0.2) is 60.5 Å². The van der Waals surface area contributed by atoms with Crippen molar-refractivity contribution in [2.75, 3.05) is 32.7 Å². The summed E-state index contributed by atoms with van der Waals surface area (Å²) in [6.07, 6.45) is 1.66. The molecule has 1 aromatic rings. The Bertz CT molecular complexity index is 532. The average Bonchev–Trinajstić information content (AvgIpc) is 2.85. The second kappa shape index (κ2) is 6.75. The smallest absolute Gasteiger partial charge is 0.238 e. The number of hydrogen-bond acceptors (Lipinski definition) is 3. The molecule has 5 heteroatoms. The van der Waals surface area contributed by atoms with Crippen LogP contribution in [0.5, 0.6) is 0 Å². The first kappa shape index (κ1) is 15.4. The molecule has 2 bridgehead atoms. The number of amides is 1. The largest absolute Gasteiger partial charge is 0.352 e. The number of carbonyl (C=O) groups excluding carboxylic acids is 1. The van der Waals surface area contributed by atoms with E-state index in [0.29, 0.717) is 12.0 Å². The molecule has 0 aromatic heterocycles. The molecule has 4 unspecified atom stereocenters. The molecule has 3 aliphatic heterocycles. The van der Waals surface area contributed by atoms with Gasteiger partial charge in [0.05, 0.1) is 0 Å². The van der Waals surface area contributed by atoms with Gasteiger partial charge >= 0.3 is 0 Å². The first-order valence-corrected chi connectivity index (χ1v) is 8.13. The maximum absolute atomic E-state index is 13.7. The number of hydrogen-bond donors (Lipinski definition) is 1. The van der Waals surface area contributed by atoms with Crippen molar-refractivity contribution in [3.63, 3.8) is 0 Å². The molecular weight excluding hydrogens is 281 g/mol. The van der Waals surface area contributed by atoms with E-state index < -0.39 is 0 Å². The summed E-state index contributed by atoms with van der Waals surface area (Å²) in [7, 11) is 0. The molecular formula is C17H24FN3O.